The molecule has 0 amide bonds. The van der Waals surface area contributed by atoms with Gasteiger partial charge in [-0.2, -0.15) is 0 Å². The van der Waals surface area contributed by atoms with Gasteiger partial charge in [0.25, 0.3) is 0 Å². The van der Waals surface area contributed by atoms with Crippen LogP contribution < -0.4 is 9.47 Å². The summed E-state index contributed by atoms with van der Waals surface area (Å²) in [7, 11) is 3.13. The smallest absolute Gasteiger partial charge is 0.331 e. The van der Waals surface area contributed by atoms with Crippen LogP contribution in [0.4, 0.5) is 0 Å². The van der Waals surface area contributed by atoms with Gasteiger partial charge in [-0.3, -0.25) is 0 Å². The van der Waals surface area contributed by atoms with Crippen molar-refractivity contribution in [3.8, 4) is 11.5 Å². The molecule has 0 fully saturated rings. The van der Waals surface area contributed by atoms with Crippen molar-refractivity contribution >= 4 is 11.7 Å². The van der Waals surface area contributed by atoms with Gasteiger partial charge in [-0.1, -0.05) is 5.16 Å². The van der Waals surface area contributed by atoms with Crippen LogP contribution in [-0.4, -0.2) is 25.9 Å². The van der Waals surface area contributed by atoms with Crippen LogP contribution in [0.2, 0.25) is 0 Å². The molecule has 0 heterocycles. The third-order valence-corrected chi connectivity index (χ3v) is 2.11. The topological polar surface area (TPSA) is 57.1 Å². The number of rotatable bonds is 4. The van der Waals surface area contributed by atoms with Gasteiger partial charge in [0.15, 0.2) is 0 Å². The van der Waals surface area contributed by atoms with Crippen LogP contribution in [0.1, 0.15) is 19.4 Å². The first-order chi connectivity index (χ1) is 8.08. The van der Waals surface area contributed by atoms with E-state index in [0.717, 1.165) is 0 Å². The second-order valence-electron chi connectivity index (χ2n) is 3.33. The van der Waals surface area contributed by atoms with Crippen molar-refractivity contribution in [2.45, 2.75) is 13.8 Å². The molecule has 1 rings (SSSR count). The maximum atomic E-state index is 10.7. The SMILES string of the molecule is COc1ccc(OC)c(C(C)=NOC(C)=O)c1. The molecule has 0 spiro atoms. The second-order valence-corrected chi connectivity index (χ2v) is 3.33. The van der Waals surface area contributed by atoms with Gasteiger partial charge in [0.05, 0.1) is 19.9 Å². The summed E-state index contributed by atoms with van der Waals surface area (Å²) < 4.78 is 10.3. The molecule has 1 aromatic rings. The highest BCUT2D eigenvalue weighted by molar-refractivity contribution is 6.01. The van der Waals surface area contributed by atoms with Crippen LogP contribution in [0.15, 0.2) is 23.4 Å². The standard InChI is InChI=1S/C12H15NO4/c1-8(13-17-9(2)14)11-7-10(15-3)5-6-12(11)16-4/h5-7H,1-4H3. The Morgan fingerprint density at radius 1 is 1.18 bits per heavy atom. The molecule has 5 nitrogen and oxygen atoms in total. The van der Waals surface area contributed by atoms with Gasteiger partial charge in [0, 0.05) is 12.5 Å². The van der Waals surface area contributed by atoms with Gasteiger partial charge in [0.2, 0.25) is 0 Å². The summed E-state index contributed by atoms with van der Waals surface area (Å²) in [5.74, 6) is 0.851. The Balaban J connectivity index is 3.08. The average Bonchev–Trinajstić information content (AvgIpc) is 2.34. The number of benzene rings is 1. The minimum Gasteiger partial charge on any atom is -0.497 e. The van der Waals surface area contributed by atoms with E-state index in [1.807, 2.05) is 0 Å². The van der Waals surface area contributed by atoms with Crippen LogP contribution in [0.3, 0.4) is 0 Å². The van der Waals surface area contributed by atoms with E-state index in [1.54, 1.807) is 39.3 Å². The summed E-state index contributed by atoms with van der Waals surface area (Å²) in [6.07, 6.45) is 0. The molecule has 5 heteroatoms. The zero-order valence-electron chi connectivity index (χ0n) is 10.3. The fraction of sp³-hybridized carbons (Fsp3) is 0.333. The quantitative estimate of drug-likeness (QED) is 0.456. The van der Waals surface area contributed by atoms with Crippen molar-refractivity contribution < 1.29 is 19.1 Å². The van der Waals surface area contributed by atoms with Gasteiger partial charge in [0.1, 0.15) is 11.5 Å². The van der Waals surface area contributed by atoms with E-state index in [1.165, 1.54) is 6.92 Å². The van der Waals surface area contributed by atoms with Crippen LogP contribution in [0, 0.1) is 0 Å². The highest BCUT2D eigenvalue weighted by atomic mass is 16.7. The van der Waals surface area contributed by atoms with Gasteiger partial charge in [-0.25, -0.2) is 4.79 Å². The van der Waals surface area contributed by atoms with Crippen molar-refractivity contribution in [1.82, 2.24) is 0 Å². The fourth-order valence-electron chi connectivity index (χ4n) is 1.28. The molecule has 0 aliphatic rings. The first kappa shape index (κ1) is 13.0. The van der Waals surface area contributed by atoms with Gasteiger partial charge >= 0.3 is 5.97 Å². The Labute approximate surface area is 100.0 Å². The summed E-state index contributed by atoms with van der Waals surface area (Å²) in [4.78, 5) is 15.3. The van der Waals surface area contributed by atoms with Crippen molar-refractivity contribution in [1.29, 1.82) is 0 Å². The van der Waals surface area contributed by atoms with E-state index in [4.69, 9.17) is 9.47 Å². The van der Waals surface area contributed by atoms with E-state index < -0.39 is 5.97 Å². The van der Waals surface area contributed by atoms with Crippen molar-refractivity contribution in [2.75, 3.05) is 14.2 Å². The van der Waals surface area contributed by atoms with Crippen LogP contribution in [-0.2, 0) is 9.63 Å². The Morgan fingerprint density at radius 3 is 2.41 bits per heavy atom. The molecule has 0 saturated heterocycles. The van der Waals surface area contributed by atoms with Gasteiger partial charge < -0.3 is 14.3 Å². The third kappa shape index (κ3) is 3.48. The van der Waals surface area contributed by atoms with Gasteiger partial charge in [-0.15, -0.1) is 0 Å². The van der Waals surface area contributed by atoms with Crippen molar-refractivity contribution in [2.24, 2.45) is 5.16 Å². The second kappa shape index (κ2) is 5.89. The number of methoxy groups -OCH3 is 2. The molecule has 92 valence electrons. The first-order valence-electron chi connectivity index (χ1n) is 5.03. The predicted molar refractivity (Wildman–Crippen MR) is 63.5 cm³/mol. The number of ether oxygens (including phenoxy) is 2. The molecule has 0 bridgehead atoms. The fourth-order valence-corrected chi connectivity index (χ4v) is 1.28. The van der Waals surface area contributed by atoms with Crippen LogP contribution in [0.5, 0.6) is 11.5 Å². The Morgan fingerprint density at radius 2 is 1.88 bits per heavy atom. The minimum absolute atomic E-state index is 0.466. The van der Waals surface area contributed by atoms with E-state index in [2.05, 4.69) is 9.99 Å². The summed E-state index contributed by atoms with van der Waals surface area (Å²) in [6.45, 7) is 3.01. The van der Waals surface area contributed by atoms with E-state index >= 15 is 0 Å². The molecular weight excluding hydrogens is 222 g/mol. The predicted octanol–water partition coefficient (Wildman–Crippen LogP) is 1.99. The average molecular weight is 237 g/mol. The largest absolute Gasteiger partial charge is 0.497 e. The highest BCUT2D eigenvalue weighted by Crippen LogP contribution is 2.24. The maximum Gasteiger partial charge on any atom is 0.331 e. The number of oxime groups is 1. The minimum atomic E-state index is -0.466. The summed E-state index contributed by atoms with van der Waals surface area (Å²) in [6, 6.07) is 5.31. The molecule has 0 atom stereocenters. The van der Waals surface area contributed by atoms with E-state index in [9.17, 15) is 4.79 Å². The first-order valence-corrected chi connectivity index (χ1v) is 5.03. The maximum absolute atomic E-state index is 10.7. The molecule has 0 aromatic heterocycles. The summed E-state index contributed by atoms with van der Waals surface area (Å²) in [5.41, 5.74) is 1.25. The molecule has 1 aromatic carbocycles. The third-order valence-electron chi connectivity index (χ3n) is 2.11. The number of carbonyl (C=O) groups excluding carboxylic acids is 1. The lowest BCUT2D eigenvalue weighted by molar-refractivity contribution is -0.140. The van der Waals surface area contributed by atoms with Gasteiger partial charge in [-0.05, 0) is 25.1 Å². The molecule has 0 N–H and O–H groups in total. The van der Waals surface area contributed by atoms with Crippen molar-refractivity contribution in [3.63, 3.8) is 0 Å². The molecule has 0 aliphatic heterocycles. The number of nitrogens with zero attached hydrogens (tertiary/aromatic N) is 1. The lowest BCUT2D eigenvalue weighted by atomic mass is 10.1. The Kier molecular flexibility index (Phi) is 4.51. The monoisotopic (exact) mass is 237 g/mol. The lowest BCUT2D eigenvalue weighted by Crippen LogP contribution is -2.02. The lowest BCUT2D eigenvalue weighted by Gasteiger charge is -2.09. The Hall–Kier alpha value is -2.04. The van der Waals surface area contributed by atoms with E-state index in [0.29, 0.717) is 22.8 Å². The van der Waals surface area contributed by atoms with Crippen molar-refractivity contribution in [3.05, 3.63) is 23.8 Å². The summed E-state index contributed by atoms with van der Waals surface area (Å²) in [5, 5.41) is 3.71. The number of hydrogen-bond donors (Lipinski definition) is 0. The zero-order chi connectivity index (χ0) is 12.8. The molecule has 0 radical (unpaired) electrons. The van der Waals surface area contributed by atoms with Crippen LogP contribution in [0.25, 0.3) is 0 Å². The summed E-state index contributed by atoms with van der Waals surface area (Å²) >= 11 is 0. The molecule has 0 unspecified atom stereocenters. The highest BCUT2D eigenvalue weighted by Gasteiger charge is 2.09. The molecule has 0 saturated carbocycles. The number of carbonyl (C=O) groups is 1. The Bertz CT molecular complexity index is 440. The zero-order valence-corrected chi connectivity index (χ0v) is 10.3. The normalized spacial score (nSPS) is 10.9. The number of hydrogen-bond acceptors (Lipinski definition) is 5. The molecule has 17 heavy (non-hydrogen) atoms. The van der Waals surface area contributed by atoms with Crippen LogP contribution >= 0.6 is 0 Å². The van der Waals surface area contributed by atoms with E-state index in [-0.39, 0.29) is 0 Å². The molecular formula is C12H15NO4. The molecule has 0 aliphatic carbocycles.